The second-order valence-corrected chi connectivity index (χ2v) is 4.13. The van der Waals surface area contributed by atoms with Gasteiger partial charge >= 0.3 is 6.18 Å². The second-order valence-electron chi connectivity index (χ2n) is 3.87. The van der Waals surface area contributed by atoms with Gasteiger partial charge in [-0.1, -0.05) is 12.1 Å². The van der Waals surface area contributed by atoms with Gasteiger partial charge in [0.1, 0.15) is 0 Å². The minimum Gasteiger partial charge on any atom is -0.333 e. The number of alkyl halides is 4. The van der Waals surface area contributed by atoms with E-state index in [9.17, 15) is 13.2 Å². The second kappa shape index (κ2) is 5.02. The summed E-state index contributed by atoms with van der Waals surface area (Å²) < 4.78 is 38.9. The molecule has 1 aromatic carbocycles. The van der Waals surface area contributed by atoms with Crippen molar-refractivity contribution in [3.8, 4) is 0 Å². The van der Waals surface area contributed by atoms with Crippen molar-refractivity contribution in [2.24, 2.45) is 0 Å². The summed E-state index contributed by atoms with van der Waals surface area (Å²) in [5.41, 5.74) is 0.878. The Labute approximate surface area is 107 Å². The summed E-state index contributed by atoms with van der Waals surface area (Å²) in [6, 6.07) is 5.08. The molecule has 0 fully saturated rings. The monoisotopic (exact) mass is 274 g/mol. The quantitative estimate of drug-likeness (QED) is 0.781. The van der Waals surface area contributed by atoms with Gasteiger partial charge in [-0.25, -0.2) is 4.98 Å². The molecule has 0 spiro atoms. The van der Waals surface area contributed by atoms with Gasteiger partial charge in [0.25, 0.3) is 0 Å². The van der Waals surface area contributed by atoms with Gasteiger partial charge in [-0.3, -0.25) is 0 Å². The van der Waals surface area contributed by atoms with Gasteiger partial charge in [-0.05, 0) is 17.7 Å². The number of benzene rings is 1. The van der Waals surface area contributed by atoms with E-state index in [1.54, 1.807) is 17.1 Å². The molecule has 0 aliphatic rings. The molecule has 1 aromatic heterocycles. The Bertz CT molecular complexity index is 517. The van der Waals surface area contributed by atoms with Gasteiger partial charge in [0.2, 0.25) is 0 Å². The standard InChI is InChI=1S/C12H10ClF3N2/c13-5-11-7-18(8-17-11)6-9-1-3-10(4-2-9)12(14,15)16/h1-4,7-8H,5-6H2. The molecule has 0 atom stereocenters. The van der Waals surface area contributed by atoms with Gasteiger partial charge in [-0.15, -0.1) is 11.6 Å². The van der Waals surface area contributed by atoms with Gasteiger partial charge < -0.3 is 4.57 Å². The Morgan fingerprint density at radius 1 is 1.17 bits per heavy atom. The van der Waals surface area contributed by atoms with Crippen LogP contribution in [0.2, 0.25) is 0 Å². The first kappa shape index (κ1) is 13.0. The van der Waals surface area contributed by atoms with Crippen LogP contribution in [-0.4, -0.2) is 9.55 Å². The van der Waals surface area contributed by atoms with Gasteiger partial charge in [0.15, 0.2) is 0 Å². The summed E-state index contributed by atoms with van der Waals surface area (Å²) in [6.45, 7) is 0.474. The maximum absolute atomic E-state index is 12.4. The largest absolute Gasteiger partial charge is 0.416 e. The van der Waals surface area contributed by atoms with Crippen LogP contribution in [0, 0.1) is 0 Å². The lowest BCUT2D eigenvalue weighted by Crippen LogP contribution is -2.05. The van der Waals surface area contributed by atoms with Gasteiger partial charge in [-0.2, -0.15) is 13.2 Å². The first-order valence-electron chi connectivity index (χ1n) is 5.22. The number of halogens is 4. The highest BCUT2D eigenvalue weighted by molar-refractivity contribution is 6.16. The highest BCUT2D eigenvalue weighted by Gasteiger charge is 2.29. The molecule has 0 unspecified atom stereocenters. The number of hydrogen-bond donors (Lipinski definition) is 0. The van der Waals surface area contributed by atoms with E-state index in [1.165, 1.54) is 12.1 Å². The van der Waals surface area contributed by atoms with E-state index >= 15 is 0 Å². The molecular formula is C12H10ClF3N2. The number of hydrogen-bond acceptors (Lipinski definition) is 1. The normalized spacial score (nSPS) is 11.8. The van der Waals surface area contributed by atoms with Crippen LogP contribution < -0.4 is 0 Å². The molecule has 1 heterocycles. The van der Waals surface area contributed by atoms with Crippen molar-refractivity contribution in [1.29, 1.82) is 0 Å². The molecule has 2 nitrogen and oxygen atoms in total. The predicted molar refractivity (Wildman–Crippen MR) is 62.3 cm³/mol. The van der Waals surface area contributed by atoms with Crippen LogP contribution in [0.1, 0.15) is 16.8 Å². The fourth-order valence-electron chi connectivity index (χ4n) is 1.57. The molecule has 0 amide bonds. The van der Waals surface area contributed by atoms with Gasteiger partial charge in [0, 0.05) is 12.7 Å². The molecule has 0 radical (unpaired) electrons. The molecule has 2 rings (SSSR count). The Morgan fingerprint density at radius 2 is 1.83 bits per heavy atom. The minimum atomic E-state index is -4.29. The van der Waals surface area contributed by atoms with E-state index in [-0.39, 0.29) is 0 Å². The molecule has 0 saturated carbocycles. The van der Waals surface area contributed by atoms with Crippen molar-refractivity contribution >= 4 is 11.6 Å². The predicted octanol–water partition coefficient (Wildman–Crippen LogP) is 3.69. The van der Waals surface area contributed by atoms with E-state index in [2.05, 4.69) is 4.98 Å². The maximum atomic E-state index is 12.4. The van der Waals surface area contributed by atoms with E-state index in [0.717, 1.165) is 23.4 Å². The topological polar surface area (TPSA) is 17.8 Å². The first-order chi connectivity index (χ1) is 8.49. The summed E-state index contributed by atoms with van der Waals surface area (Å²) in [4.78, 5) is 4.04. The van der Waals surface area contributed by atoms with Crippen molar-refractivity contribution in [2.75, 3.05) is 0 Å². The molecule has 6 heteroatoms. The molecule has 0 N–H and O–H groups in total. The highest BCUT2D eigenvalue weighted by Crippen LogP contribution is 2.29. The van der Waals surface area contributed by atoms with Crippen LogP contribution in [0.4, 0.5) is 13.2 Å². The zero-order valence-electron chi connectivity index (χ0n) is 9.28. The Morgan fingerprint density at radius 3 is 2.33 bits per heavy atom. The first-order valence-corrected chi connectivity index (χ1v) is 5.75. The fourth-order valence-corrected chi connectivity index (χ4v) is 1.71. The zero-order chi connectivity index (χ0) is 13.2. The van der Waals surface area contributed by atoms with Crippen molar-refractivity contribution in [3.63, 3.8) is 0 Å². The third-order valence-corrected chi connectivity index (χ3v) is 2.74. The number of nitrogens with zero attached hydrogens (tertiary/aromatic N) is 2. The smallest absolute Gasteiger partial charge is 0.333 e. The lowest BCUT2D eigenvalue weighted by molar-refractivity contribution is -0.137. The summed E-state index contributed by atoms with van der Waals surface area (Å²) in [6.07, 6.45) is -0.917. The number of aromatic nitrogens is 2. The third-order valence-electron chi connectivity index (χ3n) is 2.47. The molecule has 2 aromatic rings. The van der Waals surface area contributed by atoms with Crippen molar-refractivity contribution in [2.45, 2.75) is 18.6 Å². The number of imidazole rings is 1. The average molecular weight is 275 g/mol. The van der Waals surface area contributed by atoms with Crippen molar-refractivity contribution in [3.05, 3.63) is 53.6 Å². The van der Waals surface area contributed by atoms with E-state index < -0.39 is 11.7 Å². The van der Waals surface area contributed by atoms with Crippen LogP contribution in [0.5, 0.6) is 0 Å². The lowest BCUT2D eigenvalue weighted by atomic mass is 10.1. The Hall–Kier alpha value is -1.49. The van der Waals surface area contributed by atoms with Crippen LogP contribution >= 0.6 is 11.6 Å². The summed E-state index contributed by atoms with van der Waals surface area (Å²) in [5.74, 6) is 0.319. The van der Waals surface area contributed by atoms with Crippen LogP contribution in [0.25, 0.3) is 0 Å². The Balaban J connectivity index is 2.11. The fraction of sp³-hybridized carbons (Fsp3) is 0.250. The van der Waals surface area contributed by atoms with Crippen molar-refractivity contribution < 1.29 is 13.2 Å². The van der Waals surface area contributed by atoms with Crippen LogP contribution in [0.3, 0.4) is 0 Å². The van der Waals surface area contributed by atoms with E-state index in [0.29, 0.717) is 12.4 Å². The highest BCUT2D eigenvalue weighted by atomic mass is 35.5. The molecular weight excluding hydrogens is 265 g/mol. The molecule has 18 heavy (non-hydrogen) atoms. The molecule has 0 saturated heterocycles. The molecule has 0 aliphatic heterocycles. The third kappa shape index (κ3) is 3.04. The summed E-state index contributed by atoms with van der Waals surface area (Å²) in [7, 11) is 0. The summed E-state index contributed by atoms with van der Waals surface area (Å²) in [5, 5.41) is 0. The lowest BCUT2D eigenvalue weighted by Gasteiger charge is -2.07. The van der Waals surface area contributed by atoms with Crippen molar-refractivity contribution in [1.82, 2.24) is 9.55 Å². The zero-order valence-corrected chi connectivity index (χ0v) is 10.0. The average Bonchev–Trinajstić information content (AvgIpc) is 2.76. The number of rotatable bonds is 3. The SMILES string of the molecule is FC(F)(F)c1ccc(Cn2cnc(CCl)c2)cc1. The minimum absolute atomic E-state index is 0.319. The molecule has 0 aliphatic carbocycles. The maximum Gasteiger partial charge on any atom is 0.416 e. The van der Waals surface area contributed by atoms with Crippen LogP contribution in [0.15, 0.2) is 36.8 Å². The van der Waals surface area contributed by atoms with E-state index in [4.69, 9.17) is 11.6 Å². The Kier molecular flexibility index (Phi) is 3.61. The molecule has 96 valence electrons. The molecule has 0 bridgehead atoms. The van der Waals surface area contributed by atoms with E-state index in [1.807, 2.05) is 0 Å². The summed E-state index contributed by atoms with van der Waals surface area (Å²) >= 11 is 5.61. The van der Waals surface area contributed by atoms with Gasteiger partial charge in [0.05, 0.1) is 23.5 Å². The van der Waals surface area contributed by atoms with Crippen LogP contribution in [-0.2, 0) is 18.6 Å².